The fourth-order valence-electron chi connectivity index (χ4n) is 1.91. The molecule has 0 radical (unpaired) electrons. The highest BCUT2D eigenvalue weighted by atomic mass is 15.6. The highest BCUT2D eigenvalue weighted by Crippen LogP contribution is 2.29. The molecule has 0 spiro atoms. The number of nitrogens with one attached hydrogen (secondary N) is 2. The van der Waals surface area contributed by atoms with Crippen molar-refractivity contribution in [3.63, 3.8) is 0 Å². The zero-order valence-electron chi connectivity index (χ0n) is 10.7. The summed E-state index contributed by atoms with van der Waals surface area (Å²) in [5.41, 5.74) is 8.20. The Morgan fingerprint density at radius 1 is 1.28 bits per heavy atom. The summed E-state index contributed by atoms with van der Waals surface area (Å²) < 4.78 is 1.91. The van der Waals surface area contributed by atoms with E-state index < -0.39 is 0 Å². The van der Waals surface area contributed by atoms with E-state index in [-0.39, 0.29) is 11.6 Å². The van der Waals surface area contributed by atoms with E-state index in [1.165, 1.54) is 0 Å². The first-order chi connectivity index (χ1) is 8.55. The van der Waals surface area contributed by atoms with Crippen molar-refractivity contribution in [2.45, 2.75) is 32.4 Å². The van der Waals surface area contributed by atoms with Crippen LogP contribution >= 0.6 is 0 Å². The van der Waals surface area contributed by atoms with Gasteiger partial charge >= 0.3 is 0 Å². The van der Waals surface area contributed by atoms with Crippen molar-refractivity contribution < 1.29 is 0 Å². The normalized spacial score (nSPS) is 18.5. The second-order valence-corrected chi connectivity index (χ2v) is 5.41. The molecule has 2 aromatic rings. The van der Waals surface area contributed by atoms with Crippen LogP contribution in [-0.4, -0.2) is 19.7 Å². The van der Waals surface area contributed by atoms with Crippen LogP contribution in [-0.2, 0) is 5.41 Å². The molecule has 0 bridgehead atoms. The Kier molecular flexibility index (Phi) is 2.34. The quantitative estimate of drug-likeness (QED) is 0.794. The van der Waals surface area contributed by atoms with Gasteiger partial charge in [0.15, 0.2) is 6.17 Å². The molecule has 0 saturated heterocycles. The zero-order valence-corrected chi connectivity index (χ0v) is 10.7. The van der Waals surface area contributed by atoms with Gasteiger partial charge in [-0.2, -0.15) is 5.10 Å². The fourth-order valence-corrected chi connectivity index (χ4v) is 1.91. The second-order valence-electron chi connectivity index (χ2n) is 5.41. The smallest absolute Gasteiger partial charge is 0.164 e. The molecule has 0 aliphatic carbocycles. The summed E-state index contributed by atoms with van der Waals surface area (Å²) in [4.78, 5) is 8.39. The van der Waals surface area contributed by atoms with Crippen molar-refractivity contribution in [1.29, 1.82) is 0 Å². The van der Waals surface area contributed by atoms with Crippen molar-refractivity contribution in [2.24, 2.45) is 0 Å². The molecule has 6 heteroatoms. The lowest BCUT2D eigenvalue weighted by molar-refractivity contribution is 0.476. The van der Waals surface area contributed by atoms with Crippen LogP contribution in [0.4, 0.5) is 5.82 Å². The first-order valence-corrected chi connectivity index (χ1v) is 5.93. The summed E-state index contributed by atoms with van der Waals surface area (Å²) in [6.45, 7) is 6.45. The van der Waals surface area contributed by atoms with Crippen molar-refractivity contribution in [1.82, 2.24) is 25.2 Å². The lowest BCUT2D eigenvalue weighted by Crippen LogP contribution is -2.25. The third-order valence-electron chi connectivity index (χ3n) is 2.95. The molecule has 6 nitrogen and oxygen atoms in total. The molecule has 3 heterocycles. The summed E-state index contributed by atoms with van der Waals surface area (Å²) in [7, 11) is 0. The Morgan fingerprint density at radius 3 is 2.78 bits per heavy atom. The van der Waals surface area contributed by atoms with Crippen molar-refractivity contribution >= 4 is 5.82 Å². The molecule has 1 unspecified atom stereocenters. The number of hydrogen-bond acceptors (Lipinski definition) is 5. The third-order valence-corrected chi connectivity index (χ3v) is 2.95. The van der Waals surface area contributed by atoms with Crippen LogP contribution in [0, 0.1) is 0 Å². The minimum absolute atomic E-state index is 0.0337. The maximum Gasteiger partial charge on any atom is 0.164 e. The van der Waals surface area contributed by atoms with Crippen LogP contribution in [0.2, 0.25) is 0 Å². The van der Waals surface area contributed by atoms with Crippen molar-refractivity contribution in [3.8, 4) is 0 Å². The van der Waals surface area contributed by atoms with Crippen LogP contribution < -0.4 is 10.9 Å². The van der Waals surface area contributed by atoms with Crippen LogP contribution in [0.25, 0.3) is 0 Å². The van der Waals surface area contributed by atoms with Gasteiger partial charge in [-0.1, -0.05) is 20.8 Å². The molecule has 2 N–H and O–H groups in total. The molecular formula is C12H16N6. The molecule has 2 aromatic heterocycles. The summed E-state index contributed by atoms with van der Waals surface area (Å²) in [5, 5.41) is 4.64. The molecule has 1 aliphatic heterocycles. The van der Waals surface area contributed by atoms with E-state index >= 15 is 0 Å². The molecule has 0 saturated carbocycles. The standard InChI is InChI=1S/C12H16N6/c1-12(2,3)9-6-10-15-16-11(18(10)17-9)8-7-13-4-5-14-8/h4-7,11,15-16H,1-3H3. The summed E-state index contributed by atoms with van der Waals surface area (Å²) in [5.74, 6) is 0.954. The van der Waals surface area contributed by atoms with Gasteiger partial charge in [0.05, 0.1) is 17.6 Å². The van der Waals surface area contributed by atoms with Crippen LogP contribution in [0.5, 0.6) is 0 Å². The number of nitrogens with zero attached hydrogens (tertiary/aromatic N) is 4. The summed E-state index contributed by atoms with van der Waals surface area (Å²) in [6, 6.07) is 2.06. The SMILES string of the molecule is CC(C)(C)c1cc2n(n1)C(c1cnccn1)NN2. The van der Waals surface area contributed by atoms with Gasteiger partial charge in [0.2, 0.25) is 0 Å². The number of fused-ring (bicyclic) bond motifs is 1. The maximum absolute atomic E-state index is 4.64. The minimum Gasteiger partial charge on any atom is -0.304 e. The Hall–Kier alpha value is -1.95. The topological polar surface area (TPSA) is 67.7 Å². The highest BCUT2D eigenvalue weighted by Gasteiger charge is 2.29. The molecule has 18 heavy (non-hydrogen) atoms. The number of hydrazine groups is 1. The molecule has 0 amide bonds. The lowest BCUT2D eigenvalue weighted by Gasteiger charge is -2.16. The first-order valence-electron chi connectivity index (χ1n) is 5.93. The van der Waals surface area contributed by atoms with Gasteiger partial charge in [-0.25, -0.2) is 10.1 Å². The molecule has 0 fully saturated rings. The van der Waals surface area contributed by atoms with Gasteiger partial charge in [0, 0.05) is 23.9 Å². The van der Waals surface area contributed by atoms with Gasteiger partial charge in [0.1, 0.15) is 5.82 Å². The van der Waals surface area contributed by atoms with Gasteiger partial charge in [-0.3, -0.25) is 9.97 Å². The van der Waals surface area contributed by atoms with Crippen LogP contribution in [0.3, 0.4) is 0 Å². The van der Waals surface area contributed by atoms with Crippen LogP contribution in [0.15, 0.2) is 24.7 Å². The summed E-state index contributed by atoms with van der Waals surface area (Å²) >= 11 is 0. The number of hydrogen-bond donors (Lipinski definition) is 2. The molecule has 94 valence electrons. The minimum atomic E-state index is -0.107. The molecule has 0 aromatic carbocycles. The van der Waals surface area contributed by atoms with Crippen LogP contribution in [0.1, 0.15) is 38.3 Å². The van der Waals surface area contributed by atoms with E-state index in [4.69, 9.17) is 0 Å². The number of aromatic nitrogens is 4. The molecule has 3 rings (SSSR count). The molecular weight excluding hydrogens is 228 g/mol. The summed E-state index contributed by atoms with van der Waals surface area (Å²) in [6.07, 6.45) is 4.98. The first kappa shape index (κ1) is 11.2. The predicted molar refractivity (Wildman–Crippen MR) is 67.9 cm³/mol. The van der Waals surface area contributed by atoms with E-state index in [0.29, 0.717) is 0 Å². The number of anilines is 1. The predicted octanol–water partition coefficient (Wildman–Crippen LogP) is 1.45. The van der Waals surface area contributed by atoms with Gasteiger partial charge in [-0.05, 0) is 0 Å². The fraction of sp³-hybridized carbons (Fsp3) is 0.417. The van der Waals surface area contributed by atoms with Gasteiger partial charge in [0.25, 0.3) is 0 Å². The number of rotatable bonds is 1. The zero-order chi connectivity index (χ0) is 12.8. The van der Waals surface area contributed by atoms with Gasteiger partial charge in [-0.15, -0.1) is 0 Å². The van der Waals surface area contributed by atoms with E-state index in [1.54, 1.807) is 18.6 Å². The van der Waals surface area contributed by atoms with E-state index in [9.17, 15) is 0 Å². The Labute approximate surface area is 105 Å². The largest absolute Gasteiger partial charge is 0.304 e. The third kappa shape index (κ3) is 1.74. The van der Waals surface area contributed by atoms with Crippen molar-refractivity contribution in [3.05, 3.63) is 36.0 Å². The second kappa shape index (κ2) is 3.78. The Morgan fingerprint density at radius 2 is 2.11 bits per heavy atom. The highest BCUT2D eigenvalue weighted by molar-refractivity contribution is 5.42. The monoisotopic (exact) mass is 244 g/mol. The molecule has 1 aliphatic rings. The van der Waals surface area contributed by atoms with E-state index in [2.05, 4.69) is 52.8 Å². The van der Waals surface area contributed by atoms with E-state index in [1.807, 2.05) is 4.68 Å². The van der Waals surface area contributed by atoms with Crippen molar-refractivity contribution in [2.75, 3.05) is 5.43 Å². The maximum atomic E-state index is 4.64. The van der Waals surface area contributed by atoms with E-state index in [0.717, 1.165) is 17.2 Å². The Balaban J connectivity index is 1.99. The van der Waals surface area contributed by atoms with Gasteiger partial charge < -0.3 is 5.43 Å². The lowest BCUT2D eigenvalue weighted by atomic mass is 9.92. The average Bonchev–Trinajstić information content (AvgIpc) is 2.88. The molecule has 1 atom stereocenters. The average molecular weight is 244 g/mol. The Bertz CT molecular complexity index is 554.